The number of carbonyl (C=O) groups is 1. The lowest BCUT2D eigenvalue weighted by Crippen LogP contribution is -2.56. The number of hydrogen-bond acceptors (Lipinski definition) is 7. The van der Waals surface area contributed by atoms with Crippen LogP contribution in [0.25, 0.3) is 33.8 Å². The quantitative estimate of drug-likeness (QED) is 0.411. The van der Waals surface area contributed by atoms with Crippen molar-refractivity contribution in [1.29, 1.82) is 0 Å². The van der Waals surface area contributed by atoms with Gasteiger partial charge < -0.3 is 20.8 Å². The van der Waals surface area contributed by atoms with Gasteiger partial charge in [-0.1, -0.05) is 30.3 Å². The fourth-order valence-electron chi connectivity index (χ4n) is 5.80. The number of ether oxygens (including phenoxy) is 1. The first-order valence-corrected chi connectivity index (χ1v) is 13.2. The van der Waals surface area contributed by atoms with Crippen molar-refractivity contribution in [3.05, 3.63) is 60.8 Å². The number of piperidine rings is 1. The minimum absolute atomic E-state index is 0.0793. The van der Waals surface area contributed by atoms with Gasteiger partial charge in [0.05, 0.1) is 11.3 Å². The summed E-state index contributed by atoms with van der Waals surface area (Å²) in [6.07, 6.45) is 3.42. The summed E-state index contributed by atoms with van der Waals surface area (Å²) in [5.41, 5.74) is 10.1. The van der Waals surface area contributed by atoms with Crippen LogP contribution in [0.3, 0.4) is 0 Å². The van der Waals surface area contributed by atoms with Crippen LogP contribution in [0, 0.1) is 11.8 Å². The molecule has 196 valence electrons. The molecule has 0 radical (unpaired) electrons. The van der Waals surface area contributed by atoms with Crippen LogP contribution in [0.15, 0.2) is 60.8 Å². The van der Waals surface area contributed by atoms with Crippen LogP contribution < -0.4 is 16.1 Å². The molecular weight excluding hydrogens is 478 g/mol. The first kappa shape index (κ1) is 24.2. The molecule has 1 aliphatic heterocycles. The Balaban J connectivity index is 1.39. The smallest absolute Gasteiger partial charge is 0.407 e. The Morgan fingerprint density at radius 3 is 2.42 bits per heavy atom. The number of aromatic nitrogens is 4. The number of benzene rings is 1. The van der Waals surface area contributed by atoms with Crippen LogP contribution in [-0.4, -0.2) is 50.5 Å². The van der Waals surface area contributed by atoms with E-state index in [0.717, 1.165) is 59.7 Å². The summed E-state index contributed by atoms with van der Waals surface area (Å²) in [5, 5.41) is 5.48. The number of nitrogens with zero attached hydrogens (tertiary/aromatic N) is 5. The number of nitrogens with one attached hydrogen (secondary N) is 1. The fraction of sp³-hybridized carbons (Fsp3) is 0.379. The van der Waals surface area contributed by atoms with Gasteiger partial charge in [-0.2, -0.15) is 0 Å². The summed E-state index contributed by atoms with van der Waals surface area (Å²) in [6, 6.07) is 18.1. The number of nitrogen functional groups attached to an aromatic ring is 1. The zero-order chi connectivity index (χ0) is 26.4. The number of anilines is 1. The summed E-state index contributed by atoms with van der Waals surface area (Å²) in [6.45, 7) is 7.17. The zero-order valence-electron chi connectivity index (χ0n) is 22.0. The monoisotopic (exact) mass is 511 g/mol. The molecule has 1 saturated carbocycles. The topological polar surface area (TPSA) is 111 Å². The van der Waals surface area contributed by atoms with Gasteiger partial charge >= 0.3 is 6.09 Å². The van der Waals surface area contributed by atoms with Crippen LogP contribution in [0.5, 0.6) is 0 Å². The van der Waals surface area contributed by atoms with Crippen LogP contribution in [0.2, 0.25) is 0 Å². The first-order chi connectivity index (χ1) is 18.3. The summed E-state index contributed by atoms with van der Waals surface area (Å²) in [4.78, 5) is 27.0. The van der Waals surface area contributed by atoms with Crippen molar-refractivity contribution in [1.82, 2.24) is 24.9 Å². The molecule has 3 aromatic heterocycles. The molecule has 2 fully saturated rings. The van der Waals surface area contributed by atoms with Crippen molar-refractivity contribution >= 4 is 23.1 Å². The Morgan fingerprint density at radius 1 is 1.00 bits per heavy atom. The van der Waals surface area contributed by atoms with Crippen LogP contribution in [0.4, 0.5) is 10.6 Å². The Hall–Kier alpha value is -4.14. The van der Waals surface area contributed by atoms with Gasteiger partial charge in [-0.25, -0.2) is 24.4 Å². The van der Waals surface area contributed by atoms with Gasteiger partial charge in [0.15, 0.2) is 11.5 Å². The lowest BCUT2D eigenvalue weighted by molar-refractivity contribution is 0.0469. The highest BCUT2D eigenvalue weighted by Crippen LogP contribution is 2.38. The molecule has 38 heavy (non-hydrogen) atoms. The summed E-state index contributed by atoms with van der Waals surface area (Å²) >= 11 is 0. The molecule has 2 bridgehead atoms. The maximum atomic E-state index is 12.6. The van der Waals surface area contributed by atoms with Crippen LogP contribution in [0.1, 0.15) is 33.6 Å². The van der Waals surface area contributed by atoms with E-state index in [2.05, 4.69) is 32.1 Å². The molecule has 9 heteroatoms. The summed E-state index contributed by atoms with van der Waals surface area (Å²) in [5.74, 6) is 1.73. The number of alkyl carbamates (subject to hydrolysis) is 1. The Labute approximate surface area is 222 Å². The third-order valence-electron chi connectivity index (χ3n) is 7.41. The van der Waals surface area contributed by atoms with Crippen molar-refractivity contribution in [2.75, 3.05) is 23.8 Å². The highest BCUT2D eigenvalue weighted by Gasteiger charge is 2.44. The number of hydrogen-bond donors (Lipinski definition) is 2. The minimum Gasteiger partial charge on any atom is -0.444 e. The van der Waals surface area contributed by atoms with E-state index in [-0.39, 0.29) is 24.0 Å². The predicted octanol–water partition coefficient (Wildman–Crippen LogP) is 4.61. The van der Waals surface area contributed by atoms with E-state index < -0.39 is 5.60 Å². The number of imidazole rings is 1. The number of pyridine rings is 2. The average molecular weight is 512 g/mol. The Bertz CT molecular complexity index is 1460. The molecule has 2 aliphatic rings. The van der Waals surface area contributed by atoms with E-state index in [9.17, 15) is 4.79 Å². The number of amides is 1. The molecule has 6 rings (SSSR count). The largest absolute Gasteiger partial charge is 0.444 e. The lowest BCUT2D eigenvalue weighted by Gasteiger charge is -2.40. The molecule has 2 unspecified atom stereocenters. The number of nitrogens with two attached hydrogens (primary N) is 1. The normalized spacial score (nSPS) is 21.0. The van der Waals surface area contributed by atoms with Crippen molar-refractivity contribution in [2.45, 2.75) is 45.3 Å². The summed E-state index contributed by atoms with van der Waals surface area (Å²) in [7, 11) is 0. The van der Waals surface area contributed by atoms with Crippen molar-refractivity contribution in [3.63, 3.8) is 0 Å². The van der Waals surface area contributed by atoms with Gasteiger partial charge in [-0.15, -0.1) is 0 Å². The molecule has 4 aromatic rings. The second kappa shape index (κ2) is 9.31. The number of rotatable bonds is 4. The second-order valence-electron chi connectivity index (χ2n) is 11.2. The van der Waals surface area contributed by atoms with Crippen molar-refractivity contribution in [2.24, 2.45) is 11.8 Å². The molecule has 1 aliphatic carbocycles. The van der Waals surface area contributed by atoms with E-state index >= 15 is 0 Å². The molecule has 3 N–H and O–H groups in total. The van der Waals surface area contributed by atoms with E-state index in [0.29, 0.717) is 5.82 Å². The zero-order valence-corrected chi connectivity index (χ0v) is 22.0. The third kappa shape index (κ3) is 4.53. The van der Waals surface area contributed by atoms with Crippen molar-refractivity contribution < 1.29 is 9.53 Å². The SMILES string of the molecule is CC(C)(C)OC(=O)NC1C2CCC1CN(n1c(-c3cccnc3N)nc3ccc(-c4ccccc4)nc31)C2. The molecule has 0 spiro atoms. The van der Waals surface area contributed by atoms with E-state index in [1.54, 1.807) is 6.20 Å². The van der Waals surface area contributed by atoms with E-state index in [4.69, 9.17) is 20.4 Å². The third-order valence-corrected chi connectivity index (χ3v) is 7.41. The standard InChI is InChI=1S/C29H33N7O2/c1-29(2,3)38-28(37)34-24-19-11-12-20(24)17-35(16-19)36-26(21-10-7-15-31-25(21)30)33-23-14-13-22(32-27(23)36)18-8-5-4-6-9-18/h4-10,13-15,19-20,24H,11-12,16-17H2,1-3H3,(H2,30,31)(H,34,37). The lowest BCUT2D eigenvalue weighted by atomic mass is 9.93. The summed E-state index contributed by atoms with van der Waals surface area (Å²) < 4.78 is 7.67. The molecule has 1 amide bonds. The van der Waals surface area contributed by atoms with Gasteiger partial charge in [0.1, 0.15) is 16.9 Å². The molecule has 2 atom stereocenters. The first-order valence-electron chi connectivity index (χ1n) is 13.2. The average Bonchev–Trinajstić information content (AvgIpc) is 3.35. The second-order valence-corrected chi connectivity index (χ2v) is 11.2. The highest BCUT2D eigenvalue weighted by atomic mass is 16.6. The maximum absolute atomic E-state index is 12.6. The molecule has 4 heterocycles. The number of carbonyl (C=O) groups excluding carboxylic acids is 1. The van der Waals surface area contributed by atoms with E-state index in [1.165, 1.54) is 0 Å². The van der Waals surface area contributed by atoms with Gasteiger partial charge in [0.2, 0.25) is 0 Å². The predicted molar refractivity (Wildman–Crippen MR) is 148 cm³/mol. The van der Waals surface area contributed by atoms with Crippen molar-refractivity contribution in [3.8, 4) is 22.6 Å². The molecule has 1 aromatic carbocycles. The molecule has 1 saturated heterocycles. The van der Waals surface area contributed by atoms with Gasteiger partial charge in [-0.05, 0) is 69.7 Å². The number of fused-ring (bicyclic) bond motifs is 3. The van der Waals surface area contributed by atoms with E-state index in [1.807, 2.05) is 63.2 Å². The van der Waals surface area contributed by atoms with Gasteiger partial charge in [0.25, 0.3) is 0 Å². The maximum Gasteiger partial charge on any atom is 0.407 e. The molecule has 9 nitrogen and oxygen atoms in total. The van der Waals surface area contributed by atoms with Gasteiger partial charge in [-0.3, -0.25) is 0 Å². The van der Waals surface area contributed by atoms with Crippen LogP contribution in [-0.2, 0) is 4.74 Å². The van der Waals surface area contributed by atoms with Gasteiger partial charge in [0, 0.05) is 30.9 Å². The molecular formula is C29H33N7O2. The Morgan fingerprint density at radius 2 is 1.74 bits per heavy atom. The minimum atomic E-state index is -0.528. The highest BCUT2D eigenvalue weighted by molar-refractivity contribution is 5.83. The Kier molecular flexibility index (Phi) is 5.93. The fourth-order valence-corrected chi connectivity index (χ4v) is 5.80. The van der Waals surface area contributed by atoms with Crippen LogP contribution >= 0.6 is 0 Å².